The number of pyridine rings is 1. The number of hydrogen-bond acceptors (Lipinski definition) is 4. The number of aromatic nitrogens is 1. The summed E-state index contributed by atoms with van der Waals surface area (Å²) in [4.78, 5) is 18.9. The second-order valence-corrected chi connectivity index (χ2v) is 5.71. The summed E-state index contributed by atoms with van der Waals surface area (Å²) in [6.07, 6.45) is 4.10. The van der Waals surface area contributed by atoms with Gasteiger partial charge < -0.3 is 15.0 Å². The molecule has 0 atom stereocenters. The van der Waals surface area contributed by atoms with Crippen LogP contribution in [-0.4, -0.2) is 31.1 Å². The number of nitrogens with one attached hydrogen (secondary N) is 1. The number of anilines is 2. The Morgan fingerprint density at radius 3 is 2.74 bits per heavy atom. The topological polar surface area (TPSA) is 54.5 Å². The Hall–Kier alpha value is -2.56. The maximum atomic E-state index is 12.4. The van der Waals surface area contributed by atoms with E-state index in [4.69, 9.17) is 4.74 Å². The molecule has 23 heavy (non-hydrogen) atoms. The predicted octanol–water partition coefficient (Wildman–Crippen LogP) is 3.25. The highest BCUT2D eigenvalue weighted by Gasteiger charge is 2.16. The van der Waals surface area contributed by atoms with Gasteiger partial charge in [-0.05, 0) is 55.7 Å². The lowest BCUT2D eigenvalue weighted by Crippen LogP contribution is -2.18. The molecule has 2 heterocycles. The Kier molecular flexibility index (Phi) is 4.46. The number of rotatable bonds is 4. The van der Waals surface area contributed by atoms with E-state index in [1.54, 1.807) is 18.3 Å². The molecule has 5 heteroatoms. The molecule has 2 aromatic rings. The fraction of sp³-hybridized carbons (Fsp3) is 0.333. The van der Waals surface area contributed by atoms with Crippen molar-refractivity contribution >= 4 is 17.3 Å². The maximum absolute atomic E-state index is 12.4. The highest BCUT2D eigenvalue weighted by Crippen LogP contribution is 2.26. The summed E-state index contributed by atoms with van der Waals surface area (Å²) in [5, 5.41) is 2.94. The molecule has 0 unspecified atom stereocenters. The average Bonchev–Trinajstić information content (AvgIpc) is 3.11. The number of benzene rings is 1. The molecule has 5 nitrogen and oxygen atoms in total. The van der Waals surface area contributed by atoms with E-state index in [9.17, 15) is 4.79 Å². The van der Waals surface area contributed by atoms with Crippen molar-refractivity contribution in [2.75, 3.05) is 30.4 Å². The normalized spacial score (nSPS) is 13.9. The SMILES string of the molecule is COc1ncccc1C(=O)Nc1ccc(N2CCCC2)cc1C. The van der Waals surface area contributed by atoms with E-state index >= 15 is 0 Å². The molecule has 0 bridgehead atoms. The first-order chi connectivity index (χ1) is 11.2. The third kappa shape index (κ3) is 3.28. The van der Waals surface area contributed by atoms with Crippen molar-refractivity contribution in [2.24, 2.45) is 0 Å². The molecule has 1 aliphatic rings. The number of amides is 1. The second kappa shape index (κ2) is 6.69. The molecule has 0 spiro atoms. The molecule has 3 rings (SSSR count). The molecule has 0 aliphatic carbocycles. The van der Waals surface area contributed by atoms with E-state index in [2.05, 4.69) is 27.3 Å². The summed E-state index contributed by atoms with van der Waals surface area (Å²) < 4.78 is 5.14. The largest absolute Gasteiger partial charge is 0.480 e. The van der Waals surface area contributed by atoms with Crippen LogP contribution in [0.15, 0.2) is 36.5 Å². The number of nitrogens with zero attached hydrogens (tertiary/aromatic N) is 2. The van der Waals surface area contributed by atoms with Gasteiger partial charge in [-0.2, -0.15) is 0 Å². The highest BCUT2D eigenvalue weighted by molar-refractivity contribution is 6.06. The molecular formula is C18H21N3O2. The smallest absolute Gasteiger partial charge is 0.261 e. The quantitative estimate of drug-likeness (QED) is 0.941. The average molecular weight is 311 g/mol. The number of carbonyl (C=O) groups excluding carboxylic acids is 1. The lowest BCUT2D eigenvalue weighted by Gasteiger charge is -2.19. The lowest BCUT2D eigenvalue weighted by molar-refractivity contribution is 0.102. The van der Waals surface area contributed by atoms with Crippen LogP contribution in [0.3, 0.4) is 0 Å². The summed E-state index contributed by atoms with van der Waals surface area (Å²) in [5.74, 6) is 0.114. The Morgan fingerprint density at radius 2 is 2.04 bits per heavy atom. The van der Waals surface area contributed by atoms with Gasteiger partial charge >= 0.3 is 0 Å². The van der Waals surface area contributed by atoms with E-state index in [1.165, 1.54) is 25.6 Å². The van der Waals surface area contributed by atoms with E-state index in [-0.39, 0.29) is 5.91 Å². The molecule has 120 valence electrons. The first kappa shape index (κ1) is 15.3. The van der Waals surface area contributed by atoms with Gasteiger partial charge in [-0.3, -0.25) is 4.79 Å². The number of ether oxygens (including phenoxy) is 1. The summed E-state index contributed by atoms with van der Waals surface area (Å²) in [5.41, 5.74) is 3.50. The van der Waals surface area contributed by atoms with Gasteiger partial charge in [-0.25, -0.2) is 4.98 Å². The lowest BCUT2D eigenvalue weighted by atomic mass is 10.1. The fourth-order valence-electron chi connectivity index (χ4n) is 2.88. The van der Waals surface area contributed by atoms with Gasteiger partial charge in [-0.1, -0.05) is 0 Å². The summed E-state index contributed by atoms with van der Waals surface area (Å²) in [6.45, 7) is 4.23. The Bertz CT molecular complexity index is 709. The molecule has 1 aromatic carbocycles. The van der Waals surface area contributed by atoms with Crippen molar-refractivity contribution in [3.8, 4) is 5.88 Å². The van der Waals surface area contributed by atoms with Gasteiger partial charge in [0.15, 0.2) is 0 Å². The van der Waals surface area contributed by atoms with Crippen molar-refractivity contribution in [1.82, 2.24) is 4.98 Å². The molecular weight excluding hydrogens is 290 g/mol. The van der Waals surface area contributed by atoms with Crippen molar-refractivity contribution in [1.29, 1.82) is 0 Å². The number of methoxy groups -OCH3 is 1. The first-order valence-corrected chi connectivity index (χ1v) is 7.85. The van der Waals surface area contributed by atoms with Crippen LogP contribution in [-0.2, 0) is 0 Å². The second-order valence-electron chi connectivity index (χ2n) is 5.71. The zero-order chi connectivity index (χ0) is 16.2. The van der Waals surface area contributed by atoms with Crippen molar-refractivity contribution in [3.63, 3.8) is 0 Å². The van der Waals surface area contributed by atoms with Crippen LogP contribution < -0.4 is 15.0 Å². The van der Waals surface area contributed by atoms with Gasteiger partial charge in [0.1, 0.15) is 5.56 Å². The van der Waals surface area contributed by atoms with Gasteiger partial charge in [0.25, 0.3) is 5.91 Å². The molecule has 0 saturated carbocycles. The van der Waals surface area contributed by atoms with Crippen molar-refractivity contribution in [2.45, 2.75) is 19.8 Å². The summed E-state index contributed by atoms with van der Waals surface area (Å²) >= 11 is 0. The van der Waals surface area contributed by atoms with Crippen molar-refractivity contribution < 1.29 is 9.53 Å². The predicted molar refractivity (Wildman–Crippen MR) is 91.4 cm³/mol. The van der Waals surface area contributed by atoms with Crippen LogP contribution in [0.4, 0.5) is 11.4 Å². The zero-order valence-electron chi connectivity index (χ0n) is 13.5. The monoisotopic (exact) mass is 311 g/mol. The molecule has 1 N–H and O–H groups in total. The van der Waals surface area contributed by atoms with E-state index < -0.39 is 0 Å². The van der Waals surface area contributed by atoms with E-state index in [0.717, 1.165) is 24.3 Å². The van der Waals surface area contributed by atoms with Gasteiger partial charge in [-0.15, -0.1) is 0 Å². The van der Waals surface area contributed by atoms with Crippen LogP contribution >= 0.6 is 0 Å². The van der Waals surface area contributed by atoms with Gasteiger partial charge in [0.2, 0.25) is 5.88 Å². The third-order valence-corrected chi connectivity index (χ3v) is 4.14. The molecule has 1 amide bonds. The number of aryl methyl sites for hydroxylation is 1. The molecule has 1 aliphatic heterocycles. The maximum Gasteiger partial charge on any atom is 0.261 e. The highest BCUT2D eigenvalue weighted by atomic mass is 16.5. The molecule has 0 radical (unpaired) electrons. The minimum Gasteiger partial charge on any atom is -0.480 e. The fourth-order valence-corrected chi connectivity index (χ4v) is 2.88. The van der Waals surface area contributed by atoms with Crippen LogP contribution in [0.5, 0.6) is 5.88 Å². The number of carbonyl (C=O) groups is 1. The van der Waals surface area contributed by atoms with Crippen LogP contribution in [0, 0.1) is 6.92 Å². The van der Waals surface area contributed by atoms with Crippen LogP contribution in [0.2, 0.25) is 0 Å². The summed E-state index contributed by atoms with van der Waals surface area (Å²) in [7, 11) is 1.51. The minimum absolute atomic E-state index is 0.216. The summed E-state index contributed by atoms with van der Waals surface area (Å²) in [6, 6.07) is 9.58. The van der Waals surface area contributed by atoms with Crippen LogP contribution in [0.25, 0.3) is 0 Å². The van der Waals surface area contributed by atoms with E-state index in [1.807, 2.05) is 13.0 Å². The molecule has 1 saturated heterocycles. The molecule has 1 aromatic heterocycles. The van der Waals surface area contributed by atoms with E-state index in [0.29, 0.717) is 11.4 Å². The van der Waals surface area contributed by atoms with Crippen LogP contribution in [0.1, 0.15) is 28.8 Å². The standard InChI is InChI=1S/C18H21N3O2/c1-13-12-14(21-10-3-4-11-21)7-8-16(13)20-17(22)15-6-5-9-19-18(15)23-2/h5-9,12H,3-4,10-11H2,1-2H3,(H,20,22). The van der Waals surface area contributed by atoms with Crippen molar-refractivity contribution in [3.05, 3.63) is 47.7 Å². The minimum atomic E-state index is -0.216. The Balaban J connectivity index is 1.78. The Labute approximate surface area is 136 Å². The van der Waals surface area contributed by atoms with Gasteiger partial charge in [0.05, 0.1) is 7.11 Å². The Morgan fingerprint density at radius 1 is 1.26 bits per heavy atom. The first-order valence-electron chi connectivity index (χ1n) is 7.85. The molecule has 1 fully saturated rings. The van der Waals surface area contributed by atoms with Gasteiger partial charge in [0, 0.05) is 30.7 Å². The number of hydrogen-bond donors (Lipinski definition) is 1. The zero-order valence-corrected chi connectivity index (χ0v) is 13.5. The third-order valence-electron chi connectivity index (χ3n) is 4.14.